The summed E-state index contributed by atoms with van der Waals surface area (Å²) in [4.78, 5) is 27.8. The van der Waals surface area contributed by atoms with E-state index < -0.39 is 35.4 Å². The molecule has 0 aromatic heterocycles. The number of hydrogen-bond acceptors (Lipinski definition) is 4. The van der Waals surface area contributed by atoms with E-state index in [2.05, 4.69) is 4.74 Å². The van der Waals surface area contributed by atoms with Gasteiger partial charge in [-0.1, -0.05) is 54.6 Å². The van der Waals surface area contributed by atoms with E-state index in [1.807, 2.05) is 0 Å². The summed E-state index contributed by atoms with van der Waals surface area (Å²) in [5.74, 6) is -1.93. The number of carboxylic acid groups (broad SMARTS) is 1. The largest absolute Gasteiger partial charge is 0.573 e. The van der Waals surface area contributed by atoms with Crippen LogP contribution in [-0.2, 0) is 23.4 Å². The quantitative estimate of drug-likeness (QED) is 0.523. The van der Waals surface area contributed by atoms with Gasteiger partial charge in [0.1, 0.15) is 11.2 Å². The second-order valence-corrected chi connectivity index (χ2v) is 8.48. The van der Waals surface area contributed by atoms with Crippen molar-refractivity contribution in [3.63, 3.8) is 0 Å². The summed E-state index contributed by atoms with van der Waals surface area (Å²) in [6, 6.07) is 17.3. The Balaban J connectivity index is 1.81. The predicted octanol–water partition coefficient (Wildman–Crippen LogP) is 4.82. The van der Waals surface area contributed by atoms with E-state index in [0.29, 0.717) is 22.3 Å². The number of halogens is 3. The smallest absolute Gasteiger partial charge is 0.481 e. The monoisotopic (exact) mass is 485 g/mol. The molecule has 35 heavy (non-hydrogen) atoms. The Morgan fingerprint density at radius 3 is 2.17 bits per heavy atom. The average molecular weight is 485 g/mol. The Labute approximate surface area is 199 Å². The van der Waals surface area contributed by atoms with Crippen molar-refractivity contribution in [2.75, 3.05) is 0 Å². The minimum absolute atomic E-state index is 0.0469. The topological polar surface area (TPSA) is 87.1 Å². The zero-order valence-electron chi connectivity index (χ0n) is 18.6. The fraction of sp³-hybridized carbons (Fsp3) is 0.231. The van der Waals surface area contributed by atoms with Crippen LogP contribution >= 0.6 is 0 Å². The molecule has 0 spiro atoms. The molecule has 0 saturated carbocycles. The Morgan fingerprint density at radius 2 is 1.60 bits per heavy atom. The molecule has 0 fully saturated rings. The first-order valence-electron chi connectivity index (χ1n) is 10.7. The fourth-order valence-electron chi connectivity index (χ4n) is 4.56. The van der Waals surface area contributed by atoms with Gasteiger partial charge >= 0.3 is 12.3 Å². The van der Waals surface area contributed by atoms with E-state index in [1.165, 1.54) is 17.0 Å². The molecule has 3 aromatic rings. The third-order valence-corrected chi connectivity index (χ3v) is 6.27. The van der Waals surface area contributed by atoms with Crippen LogP contribution in [0.25, 0.3) is 0 Å². The van der Waals surface area contributed by atoms with Gasteiger partial charge in [-0.05, 0) is 47.4 Å². The highest BCUT2D eigenvalue weighted by Gasteiger charge is 2.53. The lowest BCUT2D eigenvalue weighted by molar-refractivity contribution is -0.274. The Hall–Kier alpha value is -3.85. The maximum Gasteiger partial charge on any atom is 0.573 e. The number of fused-ring (bicyclic) bond motifs is 1. The van der Waals surface area contributed by atoms with Crippen molar-refractivity contribution in [3.8, 4) is 5.75 Å². The molecule has 2 atom stereocenters. The van der Waals surface area contributed by atoms with Gasteiger partial charge in [-0.25, -0.2) is 0 Å². The standard InChI is InChI=1S/C26H22F3NO5/c1-25(24(33)34)21-5-3-2-4-20(21)23(32)30(22(25)18-10-6-17(15-31)7-11-18)14-16-8-12-19(13-9-16)35-26(27,28)29/h2-13,22,31H,14-15H2,1H3,(H,33,34)/t22-,25-/m0/s1. The van der Waals surface area contributed by atoms with Crippen LogP contribution in [0, 0.1) is 0 Å². The van der Waals surface area contributed by atoms with Crippen molar-refractivity contribution < 1.29 is 37.7 Å². The van der Waals surface area contributed by atoms with Crippen LogP contribution in [0.1, 0.15) is 45.6 Å². The number of carbonyl (C=O) groups excluding carboxylic acids is 1. The number of alkyl halides is 3. The van der Waals surface area contributed by atoms with E-state index in [4.69, 9.17) is 0 Å². The zero-order valence-corrected chi connectivity index (χ0v) is 18.6. The highest BCUT2D eigenvalue weighted by Crippen LogP contribution is 2.48. The van der Waals surface area contributed by atoms with Gasteiger partial charge in [0.2, 0.25) is 0 Å². The lowest BCUT2D eigenvalue weighted by atomic mass is 9.68. The predicted molar refractivity (Wildman–Crippen MR) is 120 cm³/mol. The van der Waals surface area contributed by atoms with Crippen molar-refractivity contribution in [1.82, 2.24) is 4.90 Å². The molecule has 3 aromatic carbocycles. The number of benzene rings is 3. The van der Waals surface area contributed by atoms with E-state index in [0.717, 1.165) is 12.1 Å². The summed E-state index contributed by atoms with van der Waals surface area (Å²) in [5, 5.41) is 19.8. The molecular weight excluding hydrogens is 463 g/mol. The summed E-state index contributed by atoms with van der Waals surface area (Å²) in [6.45, 7) is 1.31. The van der Waals surface area contributed by atoms with Gasteiger partial charge in [-0.2, -0.15) is 0 Å². The first-order valence-corrected chi connectivity index (χ1v) is 10.7. The van der Waals surface area contributed by atoms with Gasteiger partial charge in [0.05, 0.1) is 12.6 Å². The second kappa shape index (κ2) is 9.07. The molecule has 1 heterocycles. The summed E-state index contributed by atoms with van der Waals surface area (Å²) in [6.07, 6.45) is -4.83. The van der Waals surface area contributed by atoms with Crippen molar-refractivity contribution >= 4 is 11.9 Å². The van der Waals surface area contributed by atoms with Gasteiger partial charge in [0, 0.05) is 12.1 Å². The van der Waals surface area contributed by atoms with Gasteiger partial charge in [0.25, 0.3) is 5.91 Å². The number of amides is 1. The lowest BCUT2D eigenvalue weighted by Crippen LogP contribution is -2.53. The van der Waals surface area contributed by atoms with Crippen LogP contribution in [-0.4, -0.2) is 33.4 Å². The number of nitrogens with zero attached hydrogens (tertiary/aromatic N) is 1. The van der Waals surface area contributed by atoms with E-state index in [-0.39, 0.29) is 18.7 Å². The number of ether oxygens (including phenoxy) is 1. The number of hydrogen-bond donors (Lipinski definition) is 2. The van der Waals surface area contributed by atoms with Gasteiger partial charge in [-0.3, -0.25) is 9.59 Å². The fourth-order valence-corrected chi connectivity index (χ4v) is 4.56. The molecule has 1 aliphatic heterocycles. The molecule has 0 bridgehead atoms. The Kier molecular flexibility index (Phi) is 6.29. The van der Waals surface area contributed by atoms with E-state index in [1.54, 1.807) is 55.5 Å². The maximum absolute atomic E-state index is 13.6. The summed E-state index contributed by atoms with van der Waals surface area (Å²) in [5.41, 5.74) is 0.769. The Morgan fingerprint density at radius 1 is 1.00 bits per heavy atom. The van der Waals surface area contributed by atoms with Crippen LogP contribution in [0.2, 0.25) is 0 Å². The molecule has 182 valence electrons. The van der Waals surface area contributed by atoms with Gasteiger partial charge < -0.3 is 19.8 Å². The third kappa shape index (κ3) is 4.59. The minimum Gasteiger partial charge on any atom is -0.481 e. The average Bonchev–Trinajstić information content (AvgIpc) is 2.83. The van der Waals surface area contributed by atoms with Gasteiger partial charge in [-0.15, -0.1) is 13.2 Å². The molecule has 9 heteroatoms. The molecule has 0 unspecified atom stereocenters. The number of aliphatic carboxylic acids is 1. The molecule has 2 N–H and O–H groups in total. The van der Waals surface area contributed by atoms with Gasteiger partial charge in [0.15, 0.2) is 0 Å². The van der Waals surface area contributed by atoms with E-state index >= 15 is 0 Å². The van der Waals surface area contributed by atoms with Crippen molar-refractivity contribution in [2.45, 2.75) is 37.9 Å². The number of aliphatic hydroxyl groups is 1. The number of carbonyl (C=O) groups is 2. The second-order valence-electron chi connectivity index (χ2n) is 8.48. The van der Waals surface area contributed by atoms with Crippen LogP contribution < -0.4 is 4.74 Å². The van der Waals surface area contributed by atoms with Crippen LogP contribution in [0.5, 0.6) is 5.75 Å². The highest BCUT2D eigenvalue weighted by molar-refractivity contribution is 6.01. The third-order valence-electron chi connectivity index (χ3n) is 6.27. The molecule has 6 nitrogen and oxygen atoms in total. The summed E-state index contributed by atoms with van der Waals surface area (Å²) in [7, 11) is 0. The maximum atomic E-state index is 13.6. The molecule has 4 rings (SSSR count). The van der Waals surface area contributed by atoms with Crippen molar-refractivity contribution in [2.24, 2.45) is 0 Å². The van der Waals surface area contributed by atoms with E-state index in [9.17, 15) is 33.0 Å². The Bertz CT molecular complexity index is 1240. The van der Waals surface area contributed by atoms with Crippen molar-refractivity contribution in [1.29, 1.82) is 0 Å². The first kappa shape index (κ1) is 24.3. The molecule has 0 radical (unpaired) electrons. The summed E-state index contributed by atoms with van der Waals surface area (Å²) < 4.78 is 41.5. The normalized spacial score (nSPS) is 19.9. The number of aliphatic hydroxyl groups excluding tert-OH is 1. The molecule has 0 saturated heterocycles. The van der Waals surface area contributed by atoms with Crippen molar-refractivity contribution in [3.05, 3.63) is 101 Å². The molecular formula is C26H22F3NO5. The molecule has 1 amide bonds. The minimum atomic E-state index is -4.83. The lowest BCUT2D eigenvalue weighted by Gasteiger charge is -2.47. The van der Waals surface area contributed by atoms with Crippen LogP contribution in [0.4, 0.5) is 13.2 Å². The number of carboxylic acids is 1. The molecule has 1 aliphatic rings. The molecule has 0 aliphatic carbocycles. The van der Waals surface area contributed by atoms with Crippen LogP contribution in [0.15, 0.2) is 72.8 Å². The zero-order chi connectivity index (χ0) is 25.4. The first-order chi connectivity index (χ1) is 16.5. The summed E-state index contributed by atoms with van der Waals surface area (Å²) >= 11 is 0. The van der Waals surface area contributed by atoms with Crippen LogP contribution in [0.3, 0.4) is 0 Å². The SMILES string of the molecule is C[C@]1(C(=O)O)c2ccccc2C(=O)N(Cc2ccc(OC(F)(F)F)cc2)[C@H]1c1ccc(CO)cc1. The highest BCUT2D eigenvalue weighted by atomic mass is 19.4. The number of rotatable bonds is 6.